The molecule has 1 heteroatoms. The Morgan fingerprint density at radius 3 is 1.87 bits per heavy atom. The normalized spacial score (nSPS) is 32.5. The van der Waals surface area contributed by atoms with E-state index < -0.39 is 0 Å². The van der Waals surface area contributed by atoms with Crippen LogP contribution < -0.4 is 0 Å². The number of allylic oxidation sites excluding steroid dienone is 10. The monoisotopic (exact) mass is 406 g/mol. The van der Waals surface area contributed by atoms with E-state index in [0.717, 1.165) is 32.5 Å². The summed E-state index contributed by atoms with van der Waals surface area (Å²) in [6, 6.07) is 0. The smallest absolute Gasteiger partial charge is 0.0719 e. The molecule has 3 aliphatic rings. The molecule has 0 unspecified atom stereocenters. The molecular weight excluding hydrogens is 364 g/mol. The SMILES string of the molecule is C1=C\C/C2=C(\C/C=C/CC/1)CCCCCC1=C(/C=C\CCCC\C=C\1)COCCC2. The lowest BCUT2D eigenvalue weighted by molar-refractivity contribution is 0.154. The molecule has 0 amide bonds. The van der Waals surface area contributed by atoms with Crippen LogP contribution in [0.4, 0.5) is 0 Å². The standard InChI is InChI=1S/C29H42O/c1-2-6-11-18-27-23-16-24-30-25-29-22-13-8-4-3-7-12-20-28(29)21-15-9-14-19-26(27)17-10-5-1/h5-6,10-13,20,22H,1-4,7-9,14-19,21,23-25H2/b10-5+,11-6-,20-12+,22-13-,27-26-,29-28-. The van der Waals surface area contributed by atoms with Crippen LogP contribution in [0.3, 0.4) is 0 Å². The third-order valence-corrected chi connectivity index (χ3v) is 6.55. The molecule has 3 rings (SSSR count). The van der Waals surface area contributed by atoms with Crippen molar-refractivity contribution in [2.24, 2.45) is 0 Å². The molecule has 2 aliphatic carbocycles. The zero-order chi connectivity index (χ0) is 20.7. The van der Waals surface area contributed by atoms with E-state index in [0.29, 0.717) is 0 Å². The highest BCUT2D eigenvalue weighted by molar-refractivity contribution is 5.34. The van der Waals surface area contributed by atoms with Crippen LogP contribution in [0.2, 0.25) is 0 Å². The molecule has 0 bridgehead atoms. The summed E-state index contributed by atoms with van der Waals surface area (Å²) in [6.45, 7) is 1.63. The quantitative estimate of drug-likeness (QED) is 0.365. The van der Waals surface area contributed by atoms with E-state index in [1.807, 2.05) is 0 Å². The van der Waals surface area contributed by atoms with Gasteiger partial charge in [0.2, 0.25) is 0 Å². The third-order valence-electron chi connectivity index (χ3n) is 6.55. The highest BCUT2D eigenvalue weighted by Crippen LogP contribution is 2.27. The Bertz CT molecular complexity index is 625. The summed E-state index contributed by atoms with van der Waals surface area (Å²) in [7, 11) is 0. The highest BCUT2D eigenvalue weighted by Gasteiger charge is 2.09. The molecule has 0 atom stereocenters. The molecule has 0 fully saturated rings. The maximum atomic E-state index is 6.20. The fraction of sp³-hybridized carbons (Fsp3) is 0.586. The second-order valence-corrected chi connectivity index (χ2v) is 8.99. The molecule has 0 spiro atoms. The Balaban J connectivity index is 1.69. The fourth-order valence-electron chi connectivity index (χ4n) is 4.70. The topological polar surface area (TPSA) is 9.23 Å². The predicted octanol–water partition coefficient (Wildman–Crippen LogP) is 8.71. The van der Waals surface area contributed by atoms with Gasteiger partial charge in [-0.15, -0.1) is 0 Å². The van der Waals surface area contributed by atoms with Gasteiger partial charge in [-0.2, -0.15) is 0 Å². The van der Waals surface area contributed by atoms with Crippen LogP contribution in [0.25, 0.3) is 0 Å². The van der Waals surface area contributed by atoms with Crippen LogP contribution >= 0.6 is 0 Å². The molecule has 0 aromatic carbocycles. The first-order chi connectivity index (χ1) is 14.9. The fourth-order valence-corrected chi connectivity index (χ4v) is 4.70. The first kappa shape index (κ1) is 23.1. The van der Waals surface area contributed by atoms with E-state index >= 15 is 0 Å². The first-order valence-corrected chi connectivity index (χ1v) is 12.6. The minimum Gasteiger partial charge on any atom is -0.377 e. The molecule has 1 heterocycles. The Labute approximate surface area is 185 Å². The summed E-state index contributed by atoms with van der Waals surface area (Å²) in [4.78, 5) is 0. The average molecular weight is 407 g/mol. The van der Waals surface area contributed by atoms with Gasteiger partial charge in [0, 0.05) is 6.61 Å². The van der Waals surface area contributed by atoms with Crippen LogP contribution in [0.15, 0.2) is 70.9 Å². The van der Waals surface area contributed by atoms with Gasteiger partial charge in [-0.3, -0.25) is 0 Å². The summed E-state index contributed by atoms with van der Waals surface area (Å²) in [5, 5.41) is 0. The minimum absolute atomic E-state index is 0.769. The van der Waals surface area contributed by atoms with E-state index in [2.05, 4.69) is 48.6 Å². The molecule has 0 saturated heterocycles. The van der Waals surface area contributed by atoms with Crippen molar-refractivity contribution < 1.29 is 4.74 Å². The van der Waals surface area contributed by atoms with Crippen molar-refractivity contribution in [1.29, 1.82) is 0 Å². The lowest BCUT2D eigenvalue weighted by atomic mass is 9.91. The Hall–Kier alpha value is -1.60. The molecule has 164 valence electrons. The van der Waals surface area contributed by atoms with E-state index in [1.165, 1.54) is 88.2 Å². The molecule has 0 aromatic rings. The van der Waals surface area contributed by atoms with Gasteiger partial charge in [0.1, 0.15) is 0 Å². The lowest BCUT2D eigenvalue weighted by Crippen LogP contribution is -2.04. The van der Waals surface area contributed by atoms with Crippen LogP contribution in [0.5, 0.6) is 0 Å². The minimum atomic E-state index is 0.769. The summed E-state index contributed by atoms with van der Waals surface area (Å²) in [5.41, 5.74) is 6.31. The van der Waals surface area contributed by atoms with Crippen molar-refractivity contribution in [3.8, 4) is 0 Å². The average Bonchev–Trinajstić information content (AvgIpc) is 2.77. The largest absolute Gasteiger partial charge is 0.377 e. The van der Waals surface area contributed by atoms with E-state index in [1.54, 1.807) is 11.1 Å². The third kappa shape index (κ3) is 8.64. The van der Waals surface area contributed by atoms with Gasteiger partial charge >= 0.3 is 0 Å². The van der Waals surface area contributed by atoms with Crippen molar-refractivity contribution in [3.05, 3.63) is 70.9 Å². The Morgan fingerprint density at radius 1 is 0.500 bits per heavy atom. The van der Waals surface area contributed by atoms with Gasteiger partial charge in [-0.05, 0) is 101 Å². The van der Waals surface area contributed by atoms with Crippen molar-refractivity contribution in [2.45, 2.75) is 96.3 Å². The summed E-state index contributed by atoms with van der Waals surface area (Å²) in [6.07, 6.45) is 37.5. The van der Waals surface area contributed by atoms with Gasteiger partial charge < -0.3 is 4.74 Å². The molecule has 0 radical (unpaired) electrons. The second kappa shape index (κ2) is 14.4. The Morgan fingerprint density at radius 2 is 1.13 bits per heavy atom. The first-order valence-electron chi connectivity index (χ1n) is 12.6. The summed E-state index contributed by atoms with van der Waals surface area (Å²) < 4.78 is 6.20. The maximum Gasteiger partial charge on any atom is 0.0719 e. The highest BCUT2D eigenvalue weighted by atomic mass is 16.5. The van der Waals surface area contributed by atoms with Crippen LogP contribution in [-0.2, 0) is 4.74 Å². The molecule has 1 nitrogen and oxygen atoms in total. The van der Waals surface area contributed by atoms with Crippen LogP contribution in [0, 0.1) is 0 Å². The van der Waals surface area contributed by atoms with Crippen molar-refractivity contribution in [2.75, 3.05) is 13.2 Å². The predicted molar refractivity (Wildman–Crippen MR) is 131 cm³/mol. The summed E-state index contributed by atoms with van der Waals surface area (Å²) in [5.74, 6) is 0. The lowest BCUT2D eigenvalue weighted by Gasteiger charge is -2.17. The number of hydrogen-bond acceptors (Lipinski definition) is 1. The van der Waals surface area contributed by atoms with Crippen molar-refractivity contribution in [1.82, 2.24) is 0 Å². The van der Waals surface area contributed by atoms with Crippen LogP contribution in [-0.4, -0.2) is 13.2 Å². The maximum absolute atomic E-state index is 6.20. The molecule has 30 heavy (non-hydrogen) atoms. The zero-order valence-corrected chi connectivity index (χ0v) is 19.0. The number of rotatable bonds is 0. The number of ether oxygens (including phenoxy) is 1. The van der Waals surface area contributed by atoms with Crippen molar-refractivity contribution >= 4 is 0 Å². The molecule has 0 saturated carbocycles. The van der Waals surface area contributed by atoms with E-state index in [9.17, 15) is 0 Å². The van der Waals surface area contributed by atoms with E-state index in [4.69, 9.17) is 4.74 Å². The summed E-state index contributed by atoms with van der Waals surface area (Å²) >= 11 is 0. The van der Waals surface area contributed by atoms with Crippen LogP contribution in [0.1, 0.15) is 96.3 Å². The van der Waals surface area contributed by atoms with Crippen molar-refractivity contribution in [3.63, 3.8) is 0 Å². The second-order valence-electron chi connectivity index (χ2n) is 8.99. The zero-order valence-electron chi connectivity index (χ0n) is 19.0. The Kier molecular flexibility index (Phi) is 11.1. The number of hydrogen-bond donors (Lipinski definition) is 0. The van der Waals surface area contributed by atoms with Gasteiger partial charge in [-0.25, -0.2) is 0 Å². The van der Waals surface area contributed by atoms with E-state index in [-0.39, 0.29) is 0 Å². The molecular formula is C29H42O. The van der Waals surface area contributed by atoms with Gasteiger partial charge in [0.05, 0.1) is 6.61 Å². The van der Waals surface area contributed by atoms with Gasteiger partial charge in [0.25, 0.3) is 0 Å². The van der Waals surface area contributed by atoms with Gasteiger partial charge in [0.15, 0.2) is 0 Å². The van der Waals surface area contributed by atoms with Gasteiger partial charge in [-0.1, -0.05) is 66.2 Å². The molecule has 1 aliphatic heterocycles. The molecule has 0 aromatic heterocycles. The molecule has 0 N–H and O–H groups in total.